The van der Waals surface area contributed by atoms with Crippen LogP contribution in [0.5, 0.6) is 0 Å². The molecule has 4 nitrogen and oxygen atoms in total. The van der Waals surface area contributed by atoms with Crippen molar-refractivity contribution in [2.45, 2.75) is 13.8 Å². The predicted molar refractivity (Wildman–Crippen MR) is 112 cm³/mol. The number of amides is 2. The third-order valence-electron chi connectivity index (χ3n) is 4.79. The van der Waals surface area contributed by atoms with Gasteiger partial charge in [0.25, 0.3) is 11.8 Å². The van der Waals surface area contributed by atoms with Gasteiger partial charge in [-0.15, -0.1) is 0 Å². The Morgan fingerprint density at radius 2 is 1.39 bits per heavy atom. The van der Waals surface area contributed by atoms with Crippen LogP contribution in [0, 0.1) is 13.8 Å². The molecule has 28 heavy (non-hydrogen) atoms. The second kappa shape index (κ2) is 7.16. The highest BCUT2D eigenvalue weighted by Crippen LogP contribution is 2.35. The summed E-state index contributed by atoms with van der Waals surface area (Å²) in [6.45, 7) is 3.96. The number of rotatable bonds is 4. The Balaban J connectivity index is 1.87. The number of carbonyl (C=O) groups is 2. The van der Waals surface area contributed by atoms with Gasteiger partial charge in [0.1, 0.15) is 5.70 Å². The van der Waals surface area contributed by atoms with Gasteiger partial charge in [-0.2, -0.15) is 0 Å². The summed E-state index contributed by atoms with van der Waals surface area (Å²) in [7, 11) is 0. The molecule has 4 rings (SSSR count). The molecule has 2 amide bonds. The predicted octanol–water partition coefficient (Wildman–Crippen LogP) is 4.70. The van der Waals surface area contributed by atoms with Crippen molar-refractivity contribution >= 4 is 28.8 Å². The van der Waals surface area contributed by atoms with Gasteiger partial charge in [0.05, 0.1) is 11.3 Å². The van der Waals surface area contributed by atoms with Crippen molar-refractivity contribution in [2.24, 2.45) is 0 Å². The number of imide groups is 1. The summed E-state index contributed by atoms with van der Waals surface area (Å²) in [6.07, 6.45) is 0. The van der Waals surface area contributed by atoms with Crippen molar-refractivity contribution in [2.75, 3.05) is 10.2 Å². The van der Waals surface area contributed by atoms with Gasteiger partial charge in [-0.1, -0.05) is 60.2 Å². The van der Waals surface area contributed by atoms with E-state index in [4.69, 9.17) is 0 Å². The lowest BCUT2D eigenvalue weighted by Crippen LogP contribution is -2.32. The van der Waals surface area contributed by atoms with E-state index in [0.717, 1.165) is 22.4 Å². The zero-order valence-electron chi connectivity index (χ0n) is 15.8. The molecule has 0 saturated heterocycles. The van der Waals surface area contributed by atoms with E-state index in [1.165, 1.54) is 4.90 Å². The average molecular weight is 368 g/mol. The van der Waals surface area contributed by atoms with E-state index >= 15 is 0 Å². The molecule has 0 radical (unpaired) electrons. The number of carbonyl (C=O) groups excluding carboxylic acids is 2. The number of benzene rings is 3. The van der Waals surface area contributed by atoms with Crippen LogP contribution in [0.25, 0.3) is 5.57 Å². The minimum atomic E-state index is -0.352. The SMILES string of the molecule is Cc1ccc(C2=C(Nc3ccccc3)C(=O)N(c3ccccc3)C2=O)c(C)c1. The number of hydrogen-bond donors (Lipinski definition) is 1. The number of nitrogens with one attached hydrogen (secondary N) is 1. The quantitative estimate of drug-likeness (QED) is 0.679. The number of aryl methyl sites for hydroxylation is 2. The fourth-order valence-electron chi connectivity index (χ4n) is 3.47. The first-order valence-electron chi connectivity index (χ1n) is 9.14. The highest BCUT2D eigenvalue weighted by atomic mass is 16.2. The fourth-order valence-corrected chi connectivity index (χ4v) is 3.47. The molecule has 0 saturated carbocycles. The standard InChI is InChI=1S/C24H20N2O2/c1-16-13-14-20(17(2)15-16)21-22(25-18-9-5-3-6-10-18)24(28)26(23(21)27)19-11-7-4-8-12-19/h3-15,25H,1-2H3. The van der Waals surface area contributed by atoms with Gasteiger partial charge < -0.3 is 5.32 Å². The van der Waals surface area contributed by atoms with E-state index in [-0.39, 0.29) is 11.8 Å². The summed E-state index contributed by atoms with van der Waals surface area (Å²) in [6, 6.07) is 24.3. The number of anilines is 2. The van der Waals surface area contributed by atoms with Crippen LogP contribution in [0.3, 0.4) is 0 Å². The second-order valence-electron chi connectivity index (χ2n) is 6.84. The second-order valence-corrected chi connectivity index (χ2v) is 6.84. The highest BCUT2D eigenvalue weighted by molar-refractivity contribution is 6.46. The molecule has 1 N–H and O–H groups in total. The summed E-state index contributed by atoms with van der Waals surface area (Å²) in [5, 5.41) is 3.18. The zero-order valence-corrected chi connectivity index (χ0v) is 15.8. The van der Waals surface area contributed by atoms with Crippen molar-refractivity contribution < 1.29 is 9.59 Å². The molecule has 1 aliphatic rings. The average Bonchev–Trinajstić information content (AvgIpc) is 2.93. The van der Waals surface area contributed by atoms with E-state index in [1.54, 1.807) is 12.1 Å². The van der Waals surface area contributed by atoms with Gasteiger partial charge in [0.15, 0.2) is 0 Å². The molecule has 0 unspecified atom stereocenters. The van der Waals surface area contributed by atoms with Crippen LogP contribution in [-0.4, -0.2) is 11.8 Å². The Bertz CT molecular complexity index is 1090. The maximum Gasteiger partial charge on any atom is 0.282 e. The largest absolute Gasteiger partial charge is 0.350 e. The monoisotopic (exact) mass is 368 g/mol. The van der Waals surface area contributed by atoms with Gasteiger partial charge in [0, 0.05) is 5.69 Å². The molecule has 0 atom stereocenters. The molecule has 3 aromatic carbocycles. The Kier molecular flexibility index (Phi) is 4.53. The summed E-state index contributed by atoms with van der Waals surface area (Å²) in [4.78, 5) is 27.9. The van der Waals surface area contributed by atoms with Crippen LogP contribution in [0.4, 0.5) is 11.4 Å². The topological polar surface area (TPSA) is 49.4 Å². The van der Waals surface area contributed by atoms with Crippen molar-refractivity contribution in [3.63, 3.8) is 0 Å². The molecule has 138 valence electrons. The third kappa shape index (κ3) is 3.09. The van der Waals surface area contributed by atoms with Crippen LogP contribution < -0.4 is 10.2 Å². The van der Waals surface area contributed by atoms with Gasteiger partial charge >= 0.3 is 0 Å². The Morgan fingerprint density at radius 1 is 0.750 bits per heavy atom. The lowest BCUT2D eigenvalue weighted by molar-refractivity contribution is -0.120. The van der Waals surface area contributed by atoms with Crippen LogP contribution in [-0.2, 0) is 9.59 Å². The van der Waals surface area contributed by atoms with Crippen molar-refractivity contribution in [1.82, 2.24) is 0 Å². The van der Waals surface area contributed by atoms with Crippen LogP contribution in [0.2, 0.25) is 0 Å². The van der Waals surface area contributed by atoms with Gasteiger partial charge in [0.2, 0.25) is 0 Å². The molecule has 3 aromatic rings. The number of hydrogen-bond acceptors (Lipinski definition) is 3. The van der Waals surface area contributed by atoms with Crippen molar-refractivity contribution in [1.29, 1.82) is 0 Å². The van der Waals surface area contributed by atoms with E-state index in [2.05, 4.69) is 5.32 Å². The summed E-state index contributed by atoms with van der Waals surface area (Å²) < 4.78 is 0. The number of nitrogens with zero attached hydrogens (tertiary/aromatic N) is 1. The normalized spacial score (nSPS) is 14.0. The summed E-state index contributed by atoms with van der Waals surface area (Å²) in [5.74, 6) is -0.670. The Morgan fingerprint density at radius 3 is 2.04 bits per heavy atom. The first kappa shape index (κ1) is 17.7. The number of para-hydroxylation sites is 2. The van der Waals surface area contributed by atoms with E-state index in [1.807, 2.05) is 80.6 Å². The van der Waals surface area contributed by atoms with Gasteiger partial charge in [-0.05, 0) is 49.2 Å². The maximum atomic E-state index is 13.4. The van der Waals surface area contributed by atoms with Crippen LogP contribution in [0.15, 0.2) is 84.6 Å². The molecule has 0 bridgehead atoms. The molecule has 0 spiro atoms. The van der Waals surface area contributed by atoms with Gasteiger partial charge in [-0.25, -0.2) is 4.90 Å². The third-order valence-corrected chi connectivity index (χ3v) is 4.79. The zero-order chi connectivity index (χ0) is 19.7. The van der Waals surface area contributed by atoms with Crippen molar-refractivity contribution in [3.8, 4) is 0 Å². The Hall–Kier alpha value is -3.66. The molecule has 1 heterocycles. The molecule has 0 fully saturated rings. The van der Waals surface area contributed by atoms with Gasteiger partial charge in [-0.3, -0.25) is 9.59 Å². The summed E-state index contributed by atoms with van der Waals surface area (Å²) >= 11 is 0. The minimum Gasteiger partial charge on any atom is -0.350 e. The lowest BCUT2D eigenvalue weighted by atomic mass is 9.97. The molecule has 0 aliphatic carbocycles. The van der Waals surface area contributed by atoms with E-state index < -0.39 is 0 Å². The minimum absolute atomic E-state index is 0.298. The molecule has 1 aliphatic heterocycles. The highest BCUT2D eigenvalue weighted by Gasteiger charge is 2.40. The molecular weight excluding hydrogens is 348 g/mol. The first-order valence-corrected chi connectivity index (χ1v) is 9.14. The Labute approximate surface area is 164 Å². The van der Waals surface area contributed by atoms with E-state index in [0.29, 0.717) is 17.0 Å². The molecule has 4 heteroatoms. The lowest BCUT2D eigenvalue weighted by Gasteiger charge is -2.15. The molecule has 0 aromatic heterocycles. The van der Waals surface area contributed by atoms with E-state index in [9.17, 15) is 9.59 Å². The first-order chi connectivity index (χ1) is 13.6. The van der Waals surface area contributed by atoms with Crippen LogP contribution in [0.1, 0.15) is 16.7 Å². The molecular formula is C24H20N2O2. The fraction of sp³-hybridized carbons (Fsp3) is 0.0833. The van der Waals surface area contributed by atoms with Crippen LogP contribution >= 0.6 is 0 Å². The smallest absolute Gasteiger partial charge is 0.282 e. The summed E-state index contributed by atoms with van der Waals surface area (Å²) in [5.41, 5.74) is 4.85. The van der Waals surface area contributed by atoms with Crippen molar-refractivity contribution in [3.05, 3.63) is 101 Å². The maximum absolute atomic E-state index is 13.4.